The number of nitrogens with zero attached hydrogens (tertiary/aromatic N) is 1. The van der Waals surface area contributed by atoms with E-state index >= 15 is 0 Å². The molecular weight excluding hydrogens is 212 g/mol. The lowest BCUT2D eigenvalue weighted by Crippen LogP contribution is -2.33. The third-order valence-corrected chi connectivity index (χ3v) is 5.04. The smallest absolute Gasteiger partial charge is 0.151 e. The van der Waals surface area contributed by atoms with Crippen molar-refractivity contribution >= 4 is 9.84 Å². The van der Waals surface area contributed by atoms with E-state index in [1.165, 1.54) is 6.42 Å². The summed E-state index contributed by atoms with van der Waals surface area (Å²) >= 11 is 0. The molecule has 0 spiro atoms. The van der Waals surface area contributed by atoms with E-state index in [9.17, 15) is 8.42 Å². The summed E-state index contributed by atoms with van der Waals surface area (Å²) in [6.45, 7) is 4.98. The maximum atomic E-state index is 11.4. The molecule has 1 N–H and O–H groups in total. The van der Waals surface area contributed by atoms with Crippen molar-refractivity contribution in [2.45, 2.75) is 12.8 Å². The maximum Gasteiger partial charge on any atom is 0.151 e. The van der Waals surface area contributed by atoms with E-state index < -0.39 is 9.84 Å². The topological polar surface area (TPSA) is 49.4 Å². The second-order valence-corrected chi connectivity index (χ2v) is 6.97. The summed E-state index contributed by atoms with van der Waals surface area (Å²) in [4.78, 5) is 2.32. The van der Waals surface area contributed by atoms with Crippen molar-refractivity contribution in [1.82, 2.24) is 10.2 Å². The first kappa shape index (κ1) is 11.4. The Morgan fingerprint density at radius 1 is 1.27 bits per heavy atom. The summed E-state index contributed by atoms with van der Waals surface area (Å²) < 4.78 is 22.8. The van der Waals surface area contributed by atoms with Crippen molar-refractivity contribution < 1.29 is 8.42 Å². The Balaban J connectivity index is 1.83. The zero-order valence-electron chi connectivity index (χ0n) is 9.11. The normalized spacial score (nSPS) is 32.7. The van der Waals surface area contributed by atoms with Gasteiger partial charge in [-0.2, -0.15) is 0 Å². The van der Waals surface area contributed by atoms with Crippen LogP contribution in [0.5, 0.6) is 0 Å². The fourth-order valence-electron chi connectivity index (χ4n) is 2.41. The number of hydrogen-bond acceptors (Lipinski definition) is 4. The summed E-state index contributed by atoms with van der Waals surface area (Å²) in [6.07, 6.45) is 2.05. The molecule has 2 aliphatic heterocycles. The van der Waals surface area contributed by atoms with E-state index in [1.807, 2.05) is 0 Å². The van der Waals surface area contributed by atoms with Gasteiger partial charge in [0.25, 0.3) is 0 Å². The van der Waals surface area contributed by atoms with Crippen LogP contribution < -0.4 is 5.32 Å². The van der Waals surface area contributed by atoms with E-state index in [-0.39, 0.29) is 0 Å². The van der Waals surface area contributed by atoms with Gasteiger partial charge in [-0.15, -0.1) is 0 Å². The molecule has 1 unspecified atom stereocenters. The van der Waals surface area contributed by atoms with Crippen molar-refractivity contribution in [3.8, 4) is 0 Å². The molecule has 0 amide bonds. The minimum absolute atomic E-state index is 0.354. The SMILES string of the molecule is O=S1(=O)CCCN(CC2CCNC2)CC1. The van der Waals surface area contributed by atoms with Crippen LogP contribution in [0.1, 0.15) is 12.8 Å². The Kier molecular flexibility index (Phi) is 3.64. The van der Waals surface area contributed by atoms with E-state index in [2.05, 4.69) is 10.2 Å². The molecule has 0 aromatic rings. The molecule has 4 nitrogen and oxygen atoms in total. The molecule has 0 aliphatic carbocycles. The Hall–Kier alpha value is -0.130. The van der Waals surface area contributed by atoms with Crippen molar-refractivity contribution in [3.05, 3.63) is 0 Å². The molecule has 2 heterocycles. The monoisotopic (exact) mass is 232 g/mol. The highest BCUT2D eigenvalue weighted by atomic mass is 32.2. The lowest BCUT2D eigenvalue weighted by molar-refractivity contribution is 0.254. The number of sulfone groups is 1. The summed E-state index contributed by atoms with van der Waals surface area (Å²) in [5.41, 5.74) is 0. The van der Waals surface area contributed by atoms with Crippen LogP contribution in [0.3, 0.4) is 0 Å². The molecular formula is C10H20N2O2S. The molecule has 0 aromatic carbocycles. The van der Waals surface area contributed by atoms with Crippen LogP contribution in [0.25, 0.3) is 0 Å². The van der Waals surface area contributed by atoms with Crippen LogP contribution in [-0.2, 0) is 9.84 Å². The Morgan fingerprint density at radius 3 is 2.87 bits per heavy atom. The molecule has 1 atom stereocenters. The third-order valence-electron chi connectivity index (χ3n) is 3.33. The zero-order valence-corrected chi connectivity index (χ0v) is 9.93. The third kappa shape index (κ3) is 3.43. The number of nitrogens with one attached hydrogen (secondary N) is 1. The molecule has 0 radical (unpaired) electrons. The lowest BCUT2D eigenvalue weighted by atomic mass is 10.1. The zero-order chi connectivity index (χ0) is 10.7. The van der Waals surface area contributed by atoms with E-state index in [4.69, 9.17) is 0 Å². The average Bonchev–Trinajstić information content (AvgIpc) is 2.60. The second-order valence-electron chi connectivity index (χ2n) is 4.66. The molecule has 0 aromatic heterocycles. The van der Waals surface area contributed by atoms with Gasteiger partial charge in [0, 0.05) is 13.1 Å². The molecule has 5 heteroatoms. The molecule has 0 saturated carbocycles. The van der Waals surface area contributed by atoms with Crippen LogP contribution in [0.2, 0.25) is 0 Å². The van der Waals surface area contributed by atoms with Gasteiger partial charge in [0.2, 0.25) is 0 Å². The van der Waals surface area contributed by atoms with Crippen molar-refractivity contribution in [2.75, 3.05) is 44.2 Å². The van der Waals surface area contributed by atoms with Gasteiger partial charge in [-0.3, -0.25) is 0 Å². The van der Waals surface area contributed by atoms with E-state index in [0.29, 0.717) is 11.5 Å². The van der Waals surface area contributed by atoms with Crippen LogP contribution in [0.4, 0.5) is 0 Å². The Morgan fingerprint density at radius 2 is 2.13 bits per heavy atom. The van der Waals surface area contributed by atoms with Crippen LogP contribution in [0.15, 0.2) is 0 Å². The minimum atomic E-state index is -2.74. The molecule has 2 saturated heterocycles. The first-order valence-electron chi connectivity index (χ1n) is 5.79. The van der Waals surface area contributed by atoms with Crippen LogP contribution in [0, 0.1) is 5.92 Å². The molecule has 0 bridgehead atoms. The first-order valence-corrected chi connectivity index (χ1v) is 7.61. The fourth-order valence-corrected chi connectivity index (χ4v) is 3.72. The van der Waals surface area contributed by atoms with Gasteiger partial charge in [-0.25, -0.2) is 8.42 Å². The van der Waals surface area contributed by atoms with Gasteiger partial charge < -0.3 is 10.2 Å². The highest BCUT2D eigenvalue weighted by Gasteiger charge is 2.22. The molecule has 88 valence electrons. The summed E-state index contributed by atoms with van der Waals surface area (Å²) in [5, 5.41) is 3.35. The van der Waals surface area contributed by atoms with E-state index in [1.54, 1.807) is 0 Å². The number of rotatable bonds is 2. The molecule has 15 heavy (non-hydrogen) atoms. The highest BCUT2D eigenvalue weighted by molar-refractivity contribution is 7.91. The maximum absolute atomic E-state index is 11.4. The number of hydrogen-bond donors (Lipinski definition) is 1. The molecule has 2 aliphatic rings. The van der Waals surface area contributed by atoms with Crippen molar-refractivity contribution in [1.29, 1.82) is 0 Å². The second kappa shape index (κ2) is 4.80. The van der Waals surface area contributed by atoms with Crippen molar-refractivity contribution in [3.63, 3.8) is 0 Å². The van der Waals surface area contributed by atoms with Gasteiger partial charge in [-0.05, 0) is 38.4 Å². The largest absolute Gasteiger partial charge is 0.316 e. The summed E-state index contributed by atoms with van der Waals surface area (Å²) in [6, 6.07) is 0. The van der Waals surface area contributed by atoms with Gasteiger partial charge in [0.05, 0.1) is 11.5 Å². The predicted molar refractivity (Wildman–Crippen MR) is 60.7 cm³/mol. The van der Waals surface area contributed by atoms with Gasteiger partial charge in [0.15, 0.2) is 9.84 Å². The fraction of sp³-hybridized carbons (Fsp3) is 1.00. The van der Waals surface area contributed by atoms with Gasteiger partial charge >= 0.3 is 0 Å². The highest BCUT2D eigenvalue weighted by Crippen LogP contribution is 2.12. The average molecular weight is 232 g/mol. The molecule has 2 fully saturated rings. The first-order chi connectivity index (χ1) is 7.16. The Bertz CT molecular complexity index is 297. The quantitative estimate of drug-likeness (QED) is 0.711. The van der Waals surface area contributed by atoms with Crippen LogP contribution >= 0.6 is 0 Å². The minimum Gasteiger partial charge on any atom is -0.316 e. The van der Waals surface area contributed by atoms with Gasteiger partial charge in [-0.1, -0.05) is 0 Å². The van der Waals surface area contributed by atoms with Crippen LogP contribution in [-0.4, -0.2) is 57.5 Å². The summed E-state index contributed by atoms with van der Waals surface area (Å²) in [7, 11) is -2.74. The Labute approximate surface area is 91.9 Å². The summed E-state index contributed by atoms with van der Waals surface area (Å²) in [5.74, 6) is 1.46. The lowest BCUT2D eigenvalue weighted by Gasteiger charge is -2.22. The predicted octanol–water partition coefficient (Wildman–Crippen LogP) is -0.284. The standard InChI is InChI=1S/C10H20N2O2S/c13-15(14)6-1-4-12(5-7-15)9-10-2-3-11-8-10/h10-11H,1-9H2. The molecule has 2 rings (SSSR count). The van der Waals surface area contributed by atoms with E-state index in [0.717, 1.165) is 45.1 Å². The van der Waals surface area contributed by atoms with Gasteiger partial charge in [0.1, 0.15) is 0 Å². The van der Waals surface area contributed by atoms with Crippen molar-refractivity contribution in [2.24, 2.45) is 5.92 Å².